The van der Waals surface area contributed by atoms with Crippen LogP contribution < -0.4 is 5.32 Å². The molecule has 0 aliphatic rings. The molecular formula is C14H29N5O. The predicted octanol–water partition coefficient (Wildman–Crippen LogP) is 2.04. The summed E-state index contributed by atoms with van der Waals surface area (Å²) in [5, 5.41) is 15.3. The van der Waals surface area contributed by atoms with Gasteiger partial charge in [-0.1, -0.05) is 27.7 Å². The van der Waals surface area contributed by atoms with E-state index >= 15 is 0 Å². The fourth-order valence-electron chi connectivity index (χ4n) is 1.76. The Kier molecular flexibility index (Phi) is 7.69. The molecule has 0 aliphatic carbocycles. The molecule has 1 N–H and O–H groups in total. The van der Waals surface area contributed by atoms with Crippen LogP contribution in [0, 0.1) is 11.8 Å². The van der Waals surface area contributed by atoms with Gasteiger partial charge in [0.1, 0.15) is 0 Å². The van der Waals surface area contributed by atoms with Crippen molar-refractivity contribution in [1.29, 1.82) is 0 Å². The van der Waals surface area contributed by atoms with Gasteiger partial charge in [0.05, 0.1) is 19.2 Å². The molecule has 1 aromatic rings. The van der Waals surface area contributed by atoms with Crippen molar-refractivity contribution in [3.05, 3.63) is 5.82 Å². The van der Waals surface area contributed by atoms with Crippen molar-refractivity contribution in [3.8, 4) is 0 Å². The first-order valence-electron chi connectivity index (χ1n) is 7.57. The normalized spacial score (nSPS) is 13.3. The molecule has 0 bridgehead atoms. The van der Waals surface area contributed by atoms with E-state index in [1.54, 1.807) is 0 Å². The molecule has 0 aromatic carbocycles. The lowest BCUT2D eigenvalue weighted by Crippen LogP contribution is -2.26. The largest absolute Gasteiger partial charge is 0.380 e. The number of nitrogens with zero attached hydrogens (tertiary/aromatic N) is 4. The summed E-state index contributed by atoms with van der Waals surface area (Å²) in [6.45, 7) is 14.0. The maximum absolute atomic E-state index is 5.61. The van der Waals surface area contributed by atoms with Gasteiger partial charge >= 0.3 is 0 Å². The molecule has 0 radical (unpaired) electrons. The van der Waals surface area contributed by atoms with E-state index in [0.29, 0.717) is 25.0 Å². The van der Waals surface area contributed by atoms with E-state index in [-0.39, 0.29) is 6.04 Å². The third-order valence-electron chi connectivity index (χ3n) is 3.07. The molecule has 20 heavy (non-hydrogen) atoms. The van der Waals surface area contributed by atoms with E-state index in [0.717, 1.165) is 25.4 Å². The summed E-state index contributed by atoms with van der Waals surface area (Å²) in [4.78, 5) is 0. The van der Waals surface area contributed by atoms with Crippen LogP contribution in [0.25, 0.3) is 0 Å². The number of hydrogen-bond acceptors (Lipinski definition) is 5. The van der Waals surface area contributed by atoms with Gasteiger partial charge < -0.3 is 10.1 Å². The molecule has 0 saturated carbocycles. The Morgan fingerprint density at radius 3 is 2.50 bits per heavy atom. The van der Waals surface area contributed by atoms with Gasteiger partial charge in [0.15, 0.2) is 5.82 Å². The highest BCUT2D eigenvalue weighted by atomic mass is 16.5. The molecule has 6 heteroatoms. The van der Waals surface area contributed by atoms with Crippen molar-refractivity contribution in [1.82, 2.24) is 25.5 Å². The predicted molar refractivity (Wildman–Crippen MR) is 79.3 cm³/mol. The van der Waals surface area contributed by atoms with Crippen LogP contribution in [-0.4, -0.2) is 40.0 Å². The second-order valence-corrected chi connectivity index (χ2v) is 6.08. The number of ether oxygens (including phenoxy) is 1. The van der Waals surface area contributed by atoms with E-state index in [1.807, 2.05) is 4.68 Å². The topological polar surface area (TPSA) is 64.9 Å². The second-order valence-electron chi connectivity index (χ2n) is 6.08. The Morgan fingerprint density at radius 1 is 1.10 bits per heavy atom. The first kappa shape index (κ1) is 17.0. The van der Waals surface area contributed by atoms with Crippen molar-refractivity contribution in [2.45, 2.75) is 53.6 Å². The van der Waals surface area contributed by atoms with Gasteiger partial charge in [-0.25, -0.2) is 4.68 Å². The van der Waals surface area contributed by atoms with E-state index in [2.05, 4.69) is 55.5 Å². The molecule has 1 atom stereocenters. The molecular weight excluding hydrogens is 254 g/mol. The summed E-state index contributed by atoms with van der Waals surface area (Å²) in [6.07, 6.45) is 1.09. The van der Waals surface area contributed by atoms with Crippen LogP contribution in [0.1, 0.15) is 52.9 Å². The minimum Gasteiger partial charge on any atom is -0.380 e. The smallest absolute Gasteiger partial charge is 0.168 e. The molecule has 1 aromatic heterocycles. The average Bonchev–Trinajstić information content (AvgIpc) is 2.83. The summed E-state index contributed by atoms with van der Waals surface area (Å²) in [5.74, 6) is 2.16. The highest BCUT2D eigenvalue weighted by Crippen LogP contribution is 2.08. The molecule has 116 valence electrons. The highest BCUT2D eigenvalue weighted by Gasteiger charge is 2.14. The van der Waals surface area contributed by atoms with Crippen LogP contribution >= 0.6 is 0 Å². The lowest BCUT2D eigenvalue weighted by molar-refractivity contribution is 0.112. The molecule has 0 saturated heterocycles. The van der Waals surface area contributed by atoms with Crippen LogP contribution in [0.2, 0.25) is 0 Å². The zero-order chi connectivity index (χ0) is 15.0. The maximum atomic E-state index is 5.61. The molecule has 6 nitrogen and oxygen atoms in total. The second kappa shape index (κ2) is 9.02. The number of hydrogen-bond donors (Lipinski definition) is 1. The van der Waals surface area contributed by atoms with Gasteiger partial charge in [-0.3, -0.25) is 0 Å². The fraction of sp³-hybridized carbons (Fsp3) is 0.929. The summed E-state index contributed by atoms with van der Waals surface area (Å²) < 4.78 is 7.44. The minimum absolute atomic E-state index is 0.156. The average molecular weight is 283 g/mol. The Hall–Kier alpha value is -1.01. The van der Waals surface area contributed by atoms with Gasteiger partial charge in [-0.05, 0) is 42.2 Å². The molecule has 0 fully saturated rings. The summed E-state index contributed by atoms with van der Waals surface area (Å²) in [7, 11) is 0. The summed E-state index contributed by atoms with van der Waals surface area (Å²) in [5.41, 5.74) is 0. The van der Waals surface area contributed by atoms with Crippen molar-refractivity contribution in [2.75, 3.05) is 19.8 Å². The molecule has 0 amide bonds. The van der Waals surface area contributed by atoms with E-state index in [9.17, 15) is 0 Å². The Balaban J connectivity index is 2.34. The van der Waals surface area contributed by atoms with Crippen LogP contribution in [0.15, 0.2) is 0 Å². The van der Waals surface area contributed by atoms with Crippen LogP contribution in [0.4, 0.5) is 0 Å². The van der Waals surface area contributed by atoms with Crippen LogP contribution in [-0.2, 0) is 11.3 Å². The zero-order valence-corrected chi connectivity index (χ0v) is 13.5. The van der Waals surface area contributed by atoms with Crippen molar-refractivity contribution < 1.29 is 4.74 Å². The monoisotopic (exact) mass is 283 g/mol. The van der Waals surface area contributed by atoms with Crippen molar-refractivity contribution in [3.63, 3.8) is 0 Å². The molecule has 1 heterocycles. The Morgan fingerprint density at radius 2 is 1.85 bits per heavy atom. The van der Waals surface area contributed by atoms with Crippen LogP contribution in [0.3, 0.4) is 0 Å². The lowest BCUT2D eigenvalue weighted by atomic mass is 10.1. The van der Waals surface area contributed by atoms with Crippen molar-refractivity contribution >= 4 is 0 Å². The Labute approximate surface area is 122 Å². The SMILES string of the molecule is CC(C)CCOCCn1nnnc1C(C)NCC(C)C. The van der Waals surface area contributed by atoms with E-state index in [1.165, 1.54) is 0 Å². The third-order valence-corrected chi connectivity index (χ3v) is 3.07. The Bertz CT molecular complexity index is 364. The van der Waals surface area contributed by atoms with Crippen LogP contribution in [0.5, 0.6) is 0 Å². The highest BCUT2D eigenvalue weighted by molar-refractivity contribution is 4.89. The van der Waals surface area contributed by atoms with Gasteiger partial charge in [-0.15, -0.1) is 5.10 Å². The number of nitrogens with one attached hydrogen (secondary N) is 1. The standard InChI is InChI=1S/C14H29N5O/c1-11(2)6-8-20-9-7-19-14(16-17-18-19)13(5)15-10-12(3)4/h11-13,15H,6-10H2,1-5H3. The first-order chi connectivity index (χ1) is 9.50. The third kappa shape index (κ3) is 6.43. The summed E-state index contributed by atoms with van der Waals surface area (Å²) in [6, 6.07) is 0.156. The quantitative estimate of drug-likeness (QED) is 0.666. The first-order valence-corrected chi connectivity index (χ1v) is 7.57. The molecule has 1 rings (SSSR count). The summed E-state index contributed by atoms with van der Waals surface area (Å²) >= 11 is 0. The number of rotatable bonds is 10. The van der Waals surface area contributed by atoms with Crippen molar-refractivity contribution in [2.24, 2.45) is 11.8 Å². The number of aromatic nitrogens is 4. The maximum Gasteiger partial charge on any atom is 0.168 e. The van der Waals surface area contributed by atoms with E-state index < -0.39 is 0 Å². The van der Waals surface area contributed by atoms with Gasteiger partial charge in [0, 0.05) is 6.61 Å². The zero-order valence-electron chi connectivity index (χ0n) is 13.5. The molecule has 1 unspecified atom stereocenters. The molecule has 0 aliphatic heterocycles. The fourth-order valence-corrected chi connectivity index (χ4v) is 1.76. The minimum atomic E-state index is 0.156. The van der Waals surface area contributed by atoms with Gasteiger partial charge in [0.2, 0.25) is 0 Å². The molecule has 0 spiro atoms. The van der Waals surface area contributed by atoms with Gasteiger partial charge in [-0.2, -0.15) is 0 Å². The number of tetrazole rings is 1. The van der Waals surface area contributed by atoms with E-state index in [4.69, 9.17) is 4.74 Å². The van der Waals surface area contributed by atoms with Gasteiger partial charge in [0.25, 0.3) is 0 Å². The lowest BCUT2D eigenvalue weighted by Gasteiger charge is -2.15.